The molecule has 0 aliphatic heterocycles. The summed E-state index contributed by atoms with van der Waals surface area (Å²) >= 11 is 3.54. The zero-order valence-electron chi connectivity index (χ0n) is 10.2. The predicted octanol–water partition coefficient (Wildman–Crippen LogP) is 4.59. The molecule has 0 bridgehead atoms. The van der Waals surface area contributed by atoms with Crippen molar-refractivity contribution in [1.29, 1.82) is 0 Å². The van der Waals surface area contributed by atoms with Crippen molar-refractivity contribution in [3.8, 4) is 0 Å². The zero-order chi connectivity index (χ0) is 11.7. The molecule has 16 heavy (non-hydrogen) atoms. The lowest BCUT2D eigenvalue weighted by molar-refractivity contribution is 0.737. The van der Waals surface area contributed by atoms with Crippen LogP contribution in [-0.2, 0) is 13.5 Å². The predicted molar refractivity (Wildman–Crippen MR) is 74.0 cm³/mol. The van der Waals surface area contributed by atoms with E-state index < -0.39 is 0 Å². The Hall–Kier alpha value is -0.760. The molecule has 0 atom stereocenters. The Morgan fingerprint density at radius 3 is 2.75 bits per heavy atom. The minimum Gasteiger partial charge on any atom is -0.347 e. The number of fused-ring (bicyclic) bond motifs is 1. The van der Waals surface area contributed by atoms with Gasteiger partial charge in [-0.3, -0.25) is 0 Å². The highest BCUT2D eigenvalue weighted by Crippen LogP contribution is 2.28. The van der Waals surface area contributed by atoms with Gasteiger partial charge in [-0.2, -0.15) is 0 Å². The third kappa shape index (κ3) is 1.91. The first-order valence-electron chi connectivity index (χ1n) is 5.88. The van der Waals surface area contributed by atoms with Crippen LogP contribution < -0.4 is 0 Å². The molecule has 2 aromatic rings. The number of aryl methyl sites for hydroxylation is 2. The van der Waals surface area contributed by atoms with Gasteiger partial charge in [-0.25, -0.2) is 0 Å². The smallest absolute Gasteiger partial charge is 0.0483 e. The second-order valence-corrected chi connectivity index (χ2v) is 5.31. The topological polar surface area (TPSA) is 4.93 Å². The summed E-state index contributed by atoms with van der Waals surface area (Å²) in [6.07, 6.45) is 3.71. The first kappa shape index (κ1) is 11.7. The van der Waals surface area contributed by atoms with Gasteiger partial charge in [0.05, 0.1) is 0 Å². The molecule has 2 rings (SSSR count). The van der Waals surface area contributed by atoms with Crippen molar-refractivity contribution >= 4 is 26.8 Å². The Balaban J connectivity index is 2.57. The molecule has 86 valence electrons. The summed E-state index contributed by atoms with van der Waals surface area (Å²) in [5.74, 6) is 0. The summed E-state index contributed by atoms with van der Waals surface area (Å²) in [4.78, 5) is 0. The van der Waals surface area contributed by atoms with E-state index in [0.29, 0.717) is 0 Å². The molecule has 0 aliphatic carbocycles. The maximum Gasteiger partial charge on any atom is 0.0483 e. The average Bonchev–Trinajstić information content (AvgIpc) is 2.50. The van der Waals surface area contributed by atoms with Crippen molar-refractivity contribution in [1.82, 2.24) is 4.57 Å². The normalized spacial score (nSPS) is 11.2. The standard InChI is InChI=1S/C14H18BrN/c1-4-5-6-13-10(2)12-9-11(15)7-8-14(12)16(13)3/h7-9H,4-6H2,1-3H3. The number of unbranched alkanes of at least 4 members (excludes halogenated alkanes) is 1. The van der Waals surface area contributed by atoms with Crippen LogP contribution in [-0.4, -0.2) is 4.57 Å². The SMILES string of the molecule is CCCCc1c(C)c2cc(Br)ccc2n1C. The number of aromatic nitrogens is 1. The molecular formula is C14H18BrN. The van der Waals surface area contributed by atoms with Crippen molar-refractivity contribution in [2.45, 2.75) is 33.1 Å². The minimum atomic E-state index is 1.16. The van der Waals surface area contributed by atoms with Crippen LogP contribution in [0.25, 0.3) is 10.9 Å². The summed E-state index contributed by atoms with van der Waals surface area (Å²) in [7, 11) is 2.17. The van der Waals surface area contributed by atoms with Gasteiger partial charge in [0, 0.05) is 28.1 Å². The molecule has 0 saturated heterocycles. The number of halogens is 1. The van der Waals surface area contributed by atoms with Crippen molar-refractivity contribution in [3.63, 3.8) is 0 Å². The molecule has 2 heteroatoms. The van der Waals surface area contributed by atoms with Gasteiger partial charge in [0.2, 0.25) is 0 Å². The van der Waals surface area contributed by atoms with Crippen LogP contribution in [0.4, 0.5) is 0 Å². The minimum absolute atomic E-state index is 1.16. The Kier molecular flexibility index (Phi) is 3.38. The van der Waals surface area contributed by atoms with Crippen LogP contribution >= 0.6 is 15.9 Å². The molecule has 0 spiro atoms. The van der Waals surface area contributed by atoms with Crippen LogP contribution in [0.5, 0.6) is 0 Å². The van der Waals surface area contributed by atoms with Gasteiger partial charge in [-0.1, -0.05) is 29.3 Å². The molecule has 0 N–H and O–H groups in total. The van der Waals surface area contributed by atoms with Crippen molar-refractivity contribution in [2.75, 3.05) is 0 Å². The number of benzene rings is 1. The molecule has 0 fully saturated rings. The fourth-order valence-electron chi connectivity index (χ4n) is 2.35. The summed E-state index contributed by atoms with van der Waals surface area (Å²) < 4.78 is 3.50. The fraction of sp³-hybridized carbons (Fsp3) is 0.429. The molecule has 1 aromatic carbocycles. The van der Waals surface area contributed by atoms with E-state index in [1.54, 1.807) is 0 Å². The Morgan fingerprint density at radius 2 is 2.06 bits per heavy atom. The number of rotatable bonds is 3. The highest BCUT2D eigenvalue weighted by atomic mass is 79.9. The van der Waals surface area contributed by atoms with E-state index in [1.807, 2.05) is 0 Å². The summed E-state index contributed by atoms with van der Waals surface area (Å²) in [6, 6.07) is 6.54. The van der Waals surface area contributed by atoms with Gasteiger partial charge in [0.1, 0.15) is 0 Å². The summed E-state index contributed by atoms with van der Waals surface area (Å²) in [5.41, 5.74) is 4.26. The molecule has 0 saturated carbocycles. The van der Waals surface area contributed by atoms with Crippen LogP contribution in [0.15, 0.2) is 22.7 Å². The van der Waals surface area contributed by atoms with E-state index in [0.717, 1.165) is 4.47 Å². The highest BCUT2D eigenvalue weighted by Gasteiger charge is 2.10. The number of nitrogens with zero attached hydrogens (tertiary/aromatic N) is 1. The first-order valence-corrected chi connectivity index (χ1v) is 6.68. The van der Waals surface area contributed by atoms with E-state index in [9.17, 15) is 0 Å². The largest absolute Gasteiger partial charge is 0.347 e. The third-order valence-electron chi connectivity index (χ3n) is 3.33. The van der Waals surface area contributed by atoms with E-state index in [-0.39, 0.29) is 0 Å². The molecule has 0 unspecified atom stereocenters. The average molecular weight is 280 g/mol. The van der Waals surface area contributed by atoms with Gasteiger partial charge in [-0.05, 0) is 43.5 Å². The molecule has 0 radical (unpaired) electrons. The molecule has 1 heterocycles. The molecular weight excluding hydrogens is 262 g/mol. The zero-order valence-corrected chi connectivity index (χ0v) is 11.8. The van der Waals surface area contributed by atoms with Gasteiger partial charge in [0.15, 0.2) is 0 Å². The molecule has 0 amide bonds. The van der Waals surface area contributed by atoms with Crippen molar-refractivity contribution in [3.05, 3.63) is 33.9 Å². The third-order valence-corrected chi connectivity index (χ3v) is 3.82. The monoisotopic (exact) mass is 279 g/mol. The lowest BCUT2D eigenvalue weighted by Crippen LogP contribution is -1.97. The van der Waals surface area contributed by atoms with Gasteiger partial charge in [-0.15, -0.1) is 0 Å². The lowest BCUT2D eigenvalue weighted by atomic mass is 10.1. The first-order chi connectivity index (χ1) is 7.65. The quantitative estimate of drug-likeness (QED) is 0.774. The van der Waals surface area contributed by atoms with Gasteiger partial charge < -0.3 is 4.57 Å². The fourth-order valence-corrected chi connectivity index (χ4v) is 2.71. The number of hydrogen-bond acceptors (Lipinski definition) is 0. The Bertz CT molecular complexity index is 511. The molecule has 1 aromatic heterocycles. The summed E-state index contributed by atoms with van der Waals surface area (Å²) in [6.45, 7) is 4.48. The van der Waals surface area contributed by atoms with Gasteiger partial charge in [0.25, 0.3) is 0 Å². The van der Waals surface area contributed by atoms with Crippen LogP contribution in [0.3, 0.4) is 0 Å². The van der Waals surface area contributed by atoms with E-state index in [2.05, 4.69) is 59.6 Å². The maximum absolute atomic E-state index is 3.54. The van der Waals surface area contributed by atoms with Gasteiger partial charge >= 0.3 is 0 Å². The second-order valence-electron chi connectivity index (χ2n) is 4.40. The van der Waals surface area contributed by atoms with Crippen LogP contribution in [0.2, 0.25) is 0 Å². The molecule has 0 aliphatic rings. The Labute approximate surface area is 106 Å². The second kappa shape index (κ2) is 4.62. The number of hydrogen-bond donors (Lipinski definition) is 0. The van der Waals surface area contributed by atoms with Crippen LogP contribution in [0, 0.1) is 6.92 Å². The maximum atomic E-state index is 3.54. The van der Waals surface area contributed by atoms with E-state index in [1.165, 1.54) is 41.4 Å². The van der Waals surface area contributed by atoms with Crippen LogP contribution in [0.1, 0.15) is 31.0 Å². The van der Waals surface area contributed by atoms with E-state index >= 15 is 0 Å². The van der Waals surface area contributed by atoms with E-state index in [4.69, 9.17) is 0 Å². The van der Waals surface area contributed by atoms with Crippen molar-refractivity contribution in [2.24, 2.45) is 7.05 Å². The highest BCUT2D eigenvalue weighted by molar-refractivity contribution is 9.10. The summed E-state index contributed by atoms with van der Waals surface area (Å²) in [5, 5.41) is 1.38. The molecule has 1 nitrogen and oxygen atoms in total. The Morgan fingerprint density at radius 1 is 1.31 bits per heavy atom. The lowest BCUT2D eigenvalue weighted by Gasteiger charge is -2.04. The van der Waals surface area contributed by atoms with Crippen molar-refractivity contribution < 1.29 is 0 Å².